The molecule has 0 unspecified atom stereocenters. The summed E-state index contributed by atoms with van der Waals surface area (Å²) in [5.74, 6) is 0. The van der Waals surface area contributed by atoms with Gasteiger partial charge in [0.2, 0.25) is 31.4 Å². The van der Waals surface area contributed by atoms with E-state index < -0.39 is 30.2 Å². The first-order chi connectivity index (χ1) is 41.2. The molecule has 470 valence electrons. The monoisotopic (exact) mass is 1220 g/mol. The topological polar surface area (TPSA) is 135 Å². The van der Waals surface area contributed by atoms with Gasteiger partial charge in [-0.25, -0.2) is 16.8 Å². The highest BCUT2D eigenvalue weighted by molar-refractivity contribution is 7.89. The molecule has 0 aromatic heterocycles. The summed E-state index contributed by atoms with van der Waals surface area (Å²) in [5.41, 5.74) is 5.98. The van der Waals surface area contributed by atoms with Crippen LogP contribution in [0.1, 0.15) is 232 Å². The summed E-state index contributed by atoms with van der Waals surface area (Å²) in [5, 5.41) is 0. The summed E-state index contributed by atoms with van der Waals surface area (Å²) >= 11 is 0. The van der Waals surface area contributed by atoms with E-state index in [0.717, 1.165) is 137 Å². The van der Waals surface area contributed by atoms with Crippen LogP contribution < -0.4 is 4.90 Å². The summed E-state index contributed by atoms with van der Waals surface area (Å²) in [4.78, 5) is 2.61. The van der Waals surface area contributed by atoms with E-state index in [9.17, 15) is 29.8 Å². The molecule has 4 aromatic carbocycles. The minimum absolute atomic E-state index is 0.201. The molecule has 0 saturated heterocycles. The minimum atomic E-state index is -4.64. The molecule has 14 heteroatoms. The lowest BCUT2D eigenvalue weighted by molar-refractivity contribution is -0.439. The molecule has 0 heterocycles. The number of allylic oxidation sites excluding steroid dienone is 5. The number of hydrogen-bond donors (Lipinski definition) is 1. The second-order valence-electron chi connectivity index (χ2n) is 23.3. The van der Waals surface area contributed by atoms with E-state index in [1.165, 1.54) is 83.1 Å². The fourth-order valence-corrected chi connectivity index (χ4v) is 15.0. The van der Waals surface area contributed by atoms with Crippen LogP contribution in [-0.4, -0.2) is 88.0 Å². The van der Waals surface area contributed by atoms with Crippen LogP contribution in [0.4, 0.5) is 17.1 Å². The average Bonchev–Trinajstić information content (AvgIpc) is 3.69. The van der Waals surface area contributed by atoms with Crippen molar-refractivity contribution in [3.8, 4) is 0 Å². The molecule has 0 atom stereocenters. The van der Waals surface area contributed by atoms with E-state index in [1.54, 1.807) is 51.1 Å². The molecular weight excluding hydrogens is 1120 g/mol. The lowest BCUT2D eigenvalue weighted by Crippen LogP contribution is -2.33. The van der Waals surface area contributed by atoms with Gasteiger partial charge in [-0.2, -0.15) is 21.6 Å². The number of nitrogens with zero attached hydrogens (tertiary/aromatic N) is 4. The Labute approximate surface area is 516 Å². The number of sulfonamides is 2. The van der Waals surface area contributed by atoms with E-state index >= 15 is 0 Å². The van der Waals surface area contributed by atoms with Gasteiger partial charge < -0.3 is 4.90 Å². The molecule has 0 bridgehead atoms. The second kappa shape index (κ2) is 38.6. The summed E-state index contributed by atoms with van der Waals surface area (Å²) in [6.45, 7) is 16.6. The Balaban J connectivity index is 1.47. The van der Waals surface area contributed by atoms with Crippen molar-refractivity contribution in [2.24, 2.45) is 0 Å². The molecule has 85 heavy (non-hydrogen) atoms. The molecule has 4 aromatic rings. The Bertz CT molecular complexity index is 2990. The lowest BCUT2D eigenvalue weighted by atomic mass is 9.90. The predicted molar refractivity (Wildman–Crippen MR) is 358 cm³/mol. The van der Waals surface area contributed by atoms with Gasteiger partial charge in [0.05, 0.1) is 9.79 Å². The molecule has 0 saturated carbocycles. The van der Waals surface area contributed by atoms with Crippen molar-refractivity contribution in [3.63, 3.8) is 0 Å². The smallest absolute Gasteiger partial charge is 0.295 e. The normalized spacial score (nSPS) is 13.0. The largest absolute Gasteiger partial charge is 0.341 e. The van der Waals surface area contributed by atoms with Gasteiger partial charge in [0, 0.05) is 80.4 Å². The van der Waals surface area contributed by atoms with Crippen molar-refractivity contribution in [2.45, 2.75) is 236 Å². The maximum absolute atomic E-state index is 14.4. The molecule has 1 N–H and O–H groups in total. The molecule has 0 spiro atoms. The first-order valence-corrected chi connectivity index (χ1v) is 37.4. The van der Waals surface area contributed by atoms with Gasteiger partial charge >= 0.3 is 0 Å². The number of hydrogen-bond acceptors (Lipinski definition) is 7. The first kappa shape index (κ1) is 71.1. The average molecular weight is 1220 g/mol. The highest BCUT2D eigenvalue weighted by atomic mass is 32.2. The van der Waals surface area contributed by atoms with Gasteiger partial charge in [-0.05, 0) is 116 Å². The third-order valence-corrected chi connectivity index (χ3v) is 21.2. The number of anilines is 2. The highest BCUT2D eigenvalue weighted by Crippen LogP contribution is 2.37. The maximum Gasteiger partial charge on any atom is 0.295 e. The second-order valence-corrected chi connectivity index (χ2v) is 28.6. The molecule has 0 aliphatic heterocycles. The molecule has 11 nitrogen and oxygen atoms in total. The third kappa shape index (κ3) is 22.8. The van der Waals surface area contributed by atoms with E-state index in [-0.39, 0.29) is 4.90 Å². The molecule has 1 aliphatic rings. The fourth-order valence-electron chi connectivity index (χ4n) is 11.3. The molecule has 0 radical (unpaired) electrons. The third-order valence-electron chi connectivity index (χ3n) is 16.5. The van der Waals surface area contributed by atoms with Gasteiger partial charge in [0.25, 0.3) is 10.1 Å². The molecule has 0 fully saturated rings. The summed E-state index contributed by atoms with van der Waals surface area (Å²) in [6.07, 6.45) is 37.9. The Kier molecular flexibility index (Phi) is 32.2. The summed E-state index contributed by atoms with van der Waals surface area (Å²) in [7, 11) is -12.1. The van der Waals surface area contributed by atoms with Crippen LogP contribution in [0.3, 0.4) is 0 Å². The van der Waals surface area contributed by atoms with E-state index in [1.807, 2.05) is 72.8 Å². The zero-order valence-electron chi connectivity index (χ0n) is 53.0. The van der Waals surface area contributed by atoms with Crippen LogP contribution in [0.5, 0.6) is 0 Å². The van der Waals surface area contributed by atoms with Crippen LogP contribution in [0.25, 0.3) is 5.57 Å². The molecule has 0 amide bonds. The van der Waals surface area contributed by atoms with Crippen molar-refractivity contribution in [1.29, 1.82) is 0 Å². The Morgan fingerprint density at radius 3 is 1.19 bits per heavy atom. The van der Waals surface area contributed by atoms with Crippen LogP contribution in [-0.2, 0) is 30.2 Å². The van der Waals surface area contributed by atoms with Crippen LogP contribution in [0.15, 0.2) is 142 Å². The molecule has 5 rings (SSSR count). The van der Waals surface area contributed by atoms with Crippen molar-refractivity contribution in [3.05, 3.63) is 138 Å². The van der Waals surface area contributed by atoms with Crippen LogP contribution in [0, 0.1) is 0 Å². The number of benzene rings is 4. The summed E-state index contributed by atoms with van der Waals surface area (Å²) < 4.78 is 99.9. The van der Waals surface area contributed by atoms with Gasteiger partial charge in [0.1, 0.15) is 11.4 Å². The highest BCUT2D eigenvalue weighted by Gasteiger charge is 2.28. The Hall–Kier alpha value is -4.70. The van der Waals surface area contributed by atoms with E-state index in [4.69, 9.17) is 0 Å². The zero-order valence-corrected chi connectivity index (χ0v) is 55.4. The number of unbranched alkanes of at least 4 members (excludes halogenated alkanes) is 22. The van der Waals surface area contributed by atoms with Crippen molar-refractivity contribution < 1.29 is 34.4 Å². The lowest BCUT2D eigenvalue weighted by Gasteiger charge is -2.27. The molecule has 1 aliphatic carbocycles. The minimum Gasteiger partial charge on any atom is -0.341 e. The van der Waals surface area contributed by atoms with Gasteiger partial charge in [-0.3, -0.25) is 4.55 Å². The fraction of sp³-hybridized carbons (Fsp3) is 0.563. The Morgan fingerprint density at radius 2 is 0.776 bits per heavy atom. The van der Waals surface area contributed by atoms with Gasteiger partial charge in [-0.15, -0.1) is 0 Å². The van der Waals surface area contributed by atoms with Crippen molar-refractivity contribution in [1.82, 2.24) is 8.61 Å². The van der Waals surface area contributed by atoms with Crippen molar-refractivity contribution >= 4 is 58.5 Å². The van der Waals surface area contributed by atoms with E-state index in [2.05, 4.69) is 51.0 Å². The van der Waals surface area contributed by atoms with Crippen LogP contribution in [0.2, 0.25) is 0 Å². The van der Waals surface area contributed by atoms with Gasteiger partial charge in [0.15, 0.2) is 0 Å². The van der Waals surface area contributed by atoms with Crippen molar-refractivity contribution in [2.75, 3.05) is 44.2 Å². The maximum atomic E-state index is 14.4. The zero-order chi connectivity index (χ0) is 61.3. The SMILES string of the molecule is CCCCCCCCN(CCCCCCCC)S(=O)(=O)c1ccc(N(CCCC)c2ccc(C(=C3C=CC(=[N+](CCCC)c4ccc(S(=O)(=O)N(CCCCCCCC)CCCCCCCC)cc4)C=C3)c3ccccc3S(=O)(=O)O)cc2)cc1. The quantitative estimate of drug-likeness (QED) is 0.0263. The van der Waals surface area contributed by atoms with Gasteiger partial charge in [-0.1, -0.05) is 213 Å². The van der Waals surface area contributed by atoms with E-state index in [0.29, 0.717) is 60.2 Å². The standard InChI is InChI=1S/C71H106N4O7S3/c1-7-13-19-23-27-33-55-72(56-34-28-24-20-14-8-2)83(76,77)67-51-47-65(48-52-67)74(59-17-11-5)63-43-39-61(40-44-63)71(69-37-31-32-38-70(69)85(80,81)82)62-41-45-64(46-42-62)75(60-18-12-6)66-49-53-68(54-50-66)84(78,79)73(57-35-29-25-21-15-9-3)58-36-30-26-22-16-10-4/h31-32,37-54H,7-30,33-36,55-60H2,1-6H3/p+1. The number of rotatable bonds is 44. The predicted octanol–water partition coefficient (Wildman–Crippen LogP) is 18.8. The first-order valence-electron chi connectivity index (χ1n) is 33.1. The van der Waals surface area contributed by atoms with Crippen LogP contribution >= 0.6 is 0 Å². The summed E-state index contributed by atoms with van der Waals surface area (Å²) in [6, 6.07) is 29.2. The Morgan fingerprint density at radius 1 is 0.400 bits per heavy atom. The molecular formula is C71H107N4O7S3+.